The van der Waals surface area contributed by atoms with Crippen LogP contribution < -0.4 is 5.32 Å². The van der Waals surface area contributed by atoms with Gasteiger partial charge in [0.15, 0.2) is 0 Å². The summed E-state index contributed by atoms with van der Waals surface area (Å²) >= 11 is 0. The molecular weight excluding hydrogens is 252 g/mol. The quantitative estimate of drug-likeness (QED) is 0.781. The molecule has 3 aliphatic rings. The van der Waals surface area contributed by atoms with Crippen molar-refractivity contribution in [2.75, 3.05) is 20.2 Å². The van der Waals surface area contributed by atoms with Gasteiger partial charge in [-0.3, -0.25) is 9.69 Å². The third-order valence-electron chi connectivity index (χ3n) is 5.28. The number of likely N-dealkylation sites (tertiary alicyclic amines) is 1. The molecule has 2 aliphatic carbocycles. The predicted octanol–water partition coefficient (Wildman–Crippen LogP) is 1.93. The lowest BCUT2D eigenvalue weighted by Gasteiger charge is -2.45. The van der Waals surface area contributed by atoms with Crippen LogP contribution in [0.25, 0.3) is 0 Å². The number of methoxy groups -OCH3 is 1. The van der Waals surface area contributed by atoms with Gasteiger partial charge in [-0.1, -0.05) is 12.8 Å². The zero-order chi connectivity index (χ0) is 13.9. The van der Waals surface area contributed by atoms with E-state index in [1.807, 2.05) is 0 Å². The van der Waals surface area contributed by atoms with Gasteiger partial charge >= 0.3 is 5.97 Å². The molecule has 1 aliphatic heterocycles. The van der Waals surface area contributed by atoms with E-state index < -0.39 is 0 Å². The Balaban J connectivity index is 1.61. The maximum atomic E-state index is 12.0. The molecule has 0 aromatic rings. The number of nitrogens with zero attached hydrogens (tertiary/aromatic N) is 1. The monoisotopic (exact) mass is 280 g/mol. The van der Waals surface area contributed by atoms with E-state index >= 15 is 0 Å². The van der Waals surface area contributed by atoms with E-state index in [4.69, 9.17) is 4.74 Å². The van der Waals surface area contributed by atoms with E-state index in [-0.39, 0.29) is 12.0 Å². The third kappa shape index (κ3) is 3.34. The number of esters is 1. The van der Waals surface area contributed by atoms with Crippen LogP contribution >= 0.6 is 0 Å². The Hall–Kier alpha value is -0.610. The number of carbonyl (C=O) groups is 1. The molecule has 0 amide bonds. The fourth-order valence-corrected chi connectivity index (χ4v) is 4.06. The Bertz CT molecular complexity index is 341. The molecule has 2 saturated carbocycles. The van der Waals surface area contributed by atoms with Crippen molar-refractivity contribution >= 4 is 5.97 Å². The topological polar surface area (TPSA) is 41.6 Å². The predicted molar refractivity (Wildman–Crippen MR) is 78.5 cm³/mol. The second kappa shape index (κ2) is 6.44. The molecule has 3 atom stereocenters. The van der Waals surface area contributed by atoms with Crippen molar-refractivity contribution in [1.82, 2.24) is 10.2 Å². The summed E-state index contributed by atoms with van der Waals surface area (Å²) in [5.41, 5.74) is 0. The number of rotatable bonds is 5. The number of carbonyl (C=O) groups excluding carboxylic acids is 1. The standard InChI is InChI=1S/C16H28N2O2/c1-20-16(19)14(17-13-8-9-13)11-18-10-4-6-12-5-2-3-7-15(12)18/h12-15,17H,2-11H2,1H3. The van der Waals surface area contributed by atoms with Gasteiger partial charge in [0.1, 0.15) is 6.04 Å². The highest BCUT2D eigenvalue weighted by Gasteiger charge is 2.37. The first-order valence-corrected chi connectivity index (χ1v) is 8.36. The van der Waals surface area contributed by atoms with Crippen LogP contribution in [0.4, 0.5) is 0 Å². The average Bonchev–Trinajstić information content (AvgIpc) is 3.30. The molecule has 1 saturated heterocycles. The number of fused-ring (bicyclic) bond motifs is 1. The lowest BCUT2D eigenvalue weighted by atomic mass is 9.78. The fraction of sp³-hybridized carbons (Fsp3) is 0.938. The molecule has 1 heterocycles. The lowest BCUT2D eigenvalue weighted by Crippen LogP contribution is -2.54. The first-order valence-electron chi connectivity index (χ1n) is 8.36. The average molecular weight is 280 g/mol. The Kier molecular flexibility index (Phi) is 4.61. The molecule has 114 valence electrons. The highest BCUT2D eigenvalue weighted by atomic mass is 16.5. The van der Waals surface area contributed by atoms with Crippen molar-refractivity contribution in [3.8, 4) is 0 Å². The first kappa shape index (κ1) is 14.3. The fourth-order valence-electron chi connectivity index (χ4n) is 4.06. The van der Waals surface area contributed by atoms with Crippen molar-refractivity contribution in [3.63, 3.8) is 0 Å². The van der Waals surface area contributed by atoms with E-state index in [0.717, 1.165) is 19.0 Å². The second-order valence-corrected chi connectivity index (χ2v) is 6.77. The number of hydrogen-bond donors (Lipinski definition) is 1. The van der Waals surface area contributed by atoms with E-state index in [1.165, 1.54) is 58.5 Å². The number of ether oxygens (including phenoxy) is 1. The lowest BCUT2D eigenvalue weighted by molar-refractivity contribution is -0.144. The summed E-state index contributed by atoms with van der Waals surface area (Å²) in [5.74, 6) is 0.784. The number of hydrogen-bond acceptors (Lipinski definition) is 4. The van der Waals surface area contributed by atoms with Gasteiger partial charge < -0.3 is 10.1 Å². The summed E-state index contributed by atoms with van der Waals surface area (Å²) in [5, 5.41) is 3.47. The van der Waals surface area contributed by atoms with Crippen LogP contribution in [0.1, 0.15) is 51.4 Å². The Morgan fingerprint density at radius 2 is 1.95 bits per heavy atom. The number of piperidine rings is 1. The highest BCUT2D eigenvalue weighted by Crippen LogP contribution is 2.35. The van der Waals surface area contributed by atoms with Crippen LogP contribution in [0.3, 0.4) is 0 Å². The van der Waals surface area contributed by atoms with Crippen molar-refractivity contribution < 1.29 is 9.53 Å². The summed E-state index contributed by atoms with van der Waals surface area (Å²) < 4.78 is 4.99. The van der Waals surface area contributed by atoms with E-state index in [1.54, 1.807) is 0 Å². The summed E-state index contributed by atoms with van der Waals surface area (Å²) in [6.45, 7) is 1.99. The summed E-state index contributed by atoms with van der Waals surface area (Å²) in [4.78, 5) is 14.6. The zero-order valence-electron chi connectivity index (χ0n) is 12.6. The molecular formula is C16H28N2O2. The maximum Gasteiger partial charge on any atom is 0.324 e. The largest absolute Gasteiger partial charge is 0.468 e. The molecule has 3 fully saturated rings. The molecule has 0 bridgehead atoms. The van der Waals surface area contributed by atoms with Crippen molar-refractivity contribution in [2.45, 2.75) is 69.5 Å². The van der Waals surface area contributed by atoms with Gasteiger partial charge in [0.05, 0.1) is 7.11 Å². The first-order chi connectivity index (χ1) is 9.78. The van der Waals surface area contributed by atoms with Gasteiger partial charge in [-0.25, -0.2) is 0 Å². The molecule has 3 rings (SSSR count). The minimum atomic E-state index is -0.131. The highest BCUT2D eigenvalue weighted by molar-refractivity contribution is 5.76. The molecule has 4 nitrogen and oxygen atoms in total. The Morgan fingerprint density at radius 1 is 1.20 bits per heavy atom. The van der Waals surface area contributed by atoms with Crippen LogP contribution in [0.15, 0.2) is 0 Å². The minimum absolute atomic E-state index is 0.0881. The summed E-state index contributed by atoms with van der Waals surface area (Å²) in [6, 6.07) is 1.13. The van der Waals surface area contributed by atoms with Crippen molar-refractivity contribution in [3.05, 3.63) is 0 Å². The minimum Gasteiger partial charge on any atom is -0.468 e. The van der Waals surface area contributed by atoms with Gasteiger partial charge in [-0.05, 0) is 51.0 Å². The zero-order valence-corrected chi connectivity index (χ0v) is 12.6. The normalized spacial score (nSPS) is 32.5. The van der Waals surface area contributed by atoms with Crippen LogP contribution in [0.5, 0.6) is 0 Å². The van der Waals surface area contributed by atoms with Gasteiger partial charge in [-0.15, -0.1) is 0 Å². The molecule has 0 aromatic heterocycles. The molecule has 1 N–H and O–H groups in total. The van der Waals surface area contributed by atoms with Crippen LogP contribution in [0.2, 0.25) is 0 Å². The van der Waals surface area contributed by atoms with Gasteiger partial charge in [0.2, 0.25) is 0 Å². The molecule has 4 heteroatoms. The van der Waals surface area contributed by atoms with Crippen LogP contribution in [0, 0.1) is 5.92 Å². The van der Waals surface area contributed by atoms with Gasteiger partial charge in [0, 0.05) is 18.6 Å². The van der Waals surface area contributed by atoms with Crippen LogP contribution in [-0.2, 0) is 9.53 Å². The van der Waals surface area contributed by atoms with Crippen LogP contribution in [-0.4, -0.2) is 49.2 Å². The SMILES string of the molecule is COC(=O)C(CN1CCCC2CCCCC21)NC1CC1. The van der Waals surface area contributed by atoms with Gasteiger partial charge in [0.25, 0.3) is 0 Å². The maximum absolute atomic E-state index is 12.0. The second-order valence-electron chi connectivity index (χ2n) is 6.77. The molecule has 3 unspecified atom stereocenters. The summed E-state index contributed by atoms with van der Waals surface area (Å²) in [7, 11) is 1.50. The van der Waals surface area contributed by atoms with E-state index in [2.05, 4.69) is 10.2 Å². The van der Waals surface area contributed by atoms with Crippen molar-refractivity contribution in [1.29, 1.82) is 0 Å². The van der Waals surface area contributed by atoms with Crippen molar-refractivity contribution in [2.24, 2.45) is 5.92 Å². The van der Waals surface area contributed by atoms with Gasteiger partial charge in [-0.2, -0.15) is 0 Å². The Labute approximate surface area is 122 Å². The molecule has 0 aromatic carbocycles. The van der Waals surface area contributed by atoms with E-state index in [9.17, 15) is 4.79 Å². The smallest absolute Gasteiger partial charge is 0.324 e. The molecule has 0 radical (unpaired) electrons. The molecule has 0 spiro atoms. The Morgan fingerprint density at radius 3 is 2.70 bits per heavy atom. The van der Waals surface area contributed by atoms with E-state index in [0.29, 0.717) is 12.1 Å². The number of nitrogens with one attached hydrogen (secondary N) is 1. The summed E-state index contributed by atoms with van der Waals surface area (Å²) in [6.07, 6.45) is 10.6. The third-order valence-corrected chi connectivity index (χ3v) is 5.28. The molecule has 20 heavy (non-hydrogen) atoms.